The molecule has 8 nitrogen and oxygen atoms in total. The molecule has 104 valence electrons. The molecule has 0 saturated heterocycles. The van der Waals surface area contributed by atoms with Crippen LogP contribution in [-0.2, 0) is 24.4 Å². The summed E-state index contributed by atoms with van der Waals surface area (Å²) in [6, 6.07) is 0. The molecule has 4 N–H and O–H groups in total. The number of carbonyl (C=O) groups is 3. The van der Waals surface area contributed by atoms with Gasteiger partial charge in [0.1, 0.15) is 5.88 Å². The number of ketones is 1. The molecule has 0 bridgehead atoms. The number of aliphatic carboxylic acids is 1. The third-order valence-corrected chi connectivity index (χ3v) is 2.56. The molecule has 1 amide bonds. The highest BCUT2D eigenvalue weighted by Crippen LogP contribution is 2.03. The van der Waals surface area contributed by atoms with Crippen molar-refractivity contribution < 1.29 is 27.9 Å². The zero-order chi connectivity index (χ0) is 14.2. The lowest BCUT2D eigenvalue weighted by atomic mass is 10.1. The average molecular weight is 280 g/mol. The minimum absolute atomic E-state index is 0.0614. The molecule has 0 spiro atoms. The third kappa shape index (κ3) is 9.73. The van der Waals surface area contributed by atoms with Gasteiger partial charge in [-0.25, -0.2) is 18.4 Å². The van der Waals surface area contributed by atoms with E-state index in [1.54, 1.807) is 0 Å². The average Bonchev–Trinajstić information content (AvgIpc) is 2.24. The van der Waals surface area contributed by atoms with Crippen molar-refractivity contribution >= 4 is 27.7 Å². The zero-order valence-electron chi connectivity index (χ0n) is 9.72. The summed E-state index contributed by atoms with van der Waals surface area (Å²) in [6.45, 7) is 0. The Balaban J connectivity index is 3.58. The van der Waals surface area contributed by atoms with Gasteiger partial charge in [0.05, 0.1) is 0 Å². The number of primary sulfonamides is 1. The number of hydrogen-bond acceptors (Lipinski definition) is 5. The number of carboxylic acids is 1. The van der Waals surface area contributed by atoms with E-state index in [1.165, 1.54) is 0 Å². The molecule has 0 aliphatic rings. The van der Waals surface area contributed by atoms with Crippen molar-refractivity contribution in [1.29, 1.82) is 0 Å². The Labute approximate surface area is 105 Å². The number of rotatable bonds is 9. The molecule has 0 atom stereocenters. The number of nitrogens with one attached hydrogen (secondary N) is 1. The van der Waals surface area contributed by atoms with Crippen molar-refractivity contribution in [2.45, 2.75) is 32.1 Å². The number of unbranched alkanes of at least 4 members (excludes halogenated alkanes) is 2. The summed E-state index contributed by atoms with van der Waals surface area (Å²) < 4.78 is 21.0. The van der Waals surface area contributed by atoms with Gasteiger partial charge in [0.2, 0.25) is 21.7 Å². The molecule has 0 saturated carbocycles. The van der Waals surface area contributed by atoms with Crippen LogP contribution in [0.3, 0.4) is 0 Å². The molecular formula is C9H16N2O6S. The first kappa shape index (κ1) is 16.5. The van der Waals surface area contributed by atoms with Gasteiger partial charge in [-0.15, -0.1) is 0 Å². The van der Waals surface area contributed by atoms with E-state index >= 15 is 0 Å². The number of amides is 1. The van der Waals surface area contributed by atoms with E-state index < -0.39 is 33.6 Å². The zero-order valence-corrected chi connectivity index (χ0v) is 10.5. The van der Waals surface area contributed by atoms with Gasteiger partial charge < -0.3 is 10.4 Å². The first-order chi connectivity index (χ1) is 8.22. The highest BCUT2D eigenvalue weighted by Gasteiger charge is 2.10. The second-order valence-corrected chi connectivity index (χ2v) is 5.31. The number of Topliss-reactive ketones (excluding diaryl/α,β-unsaturated/α-hetero) is 1. The lowest BCUT2D eigenvalue weighted by Gasteiger charge is -2.03. The van der Waals surface area contributed by atoms with Gasteiger partial charge in [0.15, 0.2) is 0 Å². The molecule has 0 radical (unpaired) electrons. The number of hydrogen-bond donors (Lipinski definition) is 3. The highest BCUT2D eigenvalue weighted by molar-refractivity contribution is 7.89. The van der Waals surface area contributed by atoms with Crippen LogP contribution in [0, 0.1) is 0 Å². The number of carbonyl (C=O) groups excluding carboxylic acids is 2. The van der Waals surface area contributed by atoms with Gasteiger partial charge >= 0.3 is 5.97 Å². The topological polar surface area (TPSA) is 144 Å². The summed E-state index contributed by atoms with van der Waals surface area (Å²) in [6.07, 6.45) is 1.39. The fourth-order valence-corrected chi connectivity index (χ4v) is 1.49. The maximum Gasteiger partial charge on any atom is 0.372 e. The van der Waals surface area contributed by atoms with Crippen molar-refractivity contribution in [2.24, 2.45) is 5.14 Å². The number of nitrogens with two attached hydrogens (primary N) is 1. The van der Waals surface area contributed by atoms with E-state index in [-0.39, 0.29) is 12.8 Å². The standard InChI is InChI=1S/C9H16N2O6S/c10-18(16,17)6-11-8(13)5-3-1-2-4-7(12)9(14)15/h1-6H2,(H,11,13)(H,14,15)(H2,10,16,17). The maximum atomic E-state index is 11.1. The van der Waals surface area contributed by atoms with Crippen LogP contribution < -0.4 is 10.5 Å². The molecule has 0 aromatic heterocycles. The summed E-state index contributed by atoms with van der Waals surface area (Å²) in [5, 5.41) is 15.1. The number of carboxylic acid groups (broad SMARTS) is 1. The van der Waals surface area contributed by atoms with Gasteiger partial charge in [-0.1, -0.05) is 6.42 Å². The van der Waals surface area contributed by atoms with E-state index in [4.69, 9.17) is 5.11 Å². The normalized spacial score (nSPS) is 10.9. The summed E-state index contributed by atoms with van der Waals surface area (Å²) >= 11 is 0. The molecule has 0 aromatic carbocycles. The summed E-state index contributed by atoms with van der Waals surface area (Å²) in [5.41, 5.74) is 0. The van der Waals surface area contributed by atoms with Crippen LogP contribution in [0.25, 0.3) is 0 Å². The van der Waals surface area contributed by atoms with E-state index in [0.29, 0.717) is 19.3 Å². The van der Waals surface area contributed by atoms with Crippen LogP contribution in [0.15, 0.2) is 0 Å². The summed E-state index contributed by atoms with van der Waals surface area (Å²) in [7, 11) is -3.72. The second-order valence-electron chi connectivity index (χ2n) is 3.70. The predicted octanol–water partition coefficient (Wildman–Crippen LogP) is -1.05. The summed E-state index contributed by atoms with van der Waals surface area (Å²) in [4.78, 5) is 32.0. The highest BCUT2D eigenvalue weighted by atomic mass is 32.2. The van der Waals surface area contributed by atoms with Crippen LogP contribution in [0.1, 0.15) is 32.1 Å². The first-order valence-corrected chi connectivity index (χ1v) is 6.97. The third-order valence-electron chi connectivity index (χ3n) is 2.02. The van der Waals surface area contributed by atoms with Crippen molar-refractivity contribution in [3.63, 3.8) is 0 Å². The Hall–Kier alpha value is -1.48. The Morgan fingerprint density at radius 2 is 1.61 bits per heavy atom. The van der Waals surface area contributed by atoms with Crippen molar-refractivity contribution in [1.82, 2.24) is 5.32 Å². The number of sulfonamides is 1. The van der Waals surface area contributed by atoms with Gasteiger partial charge in [0, 0.05) is 12.8 Å². The Kier molecular flexibility index (Phi) is 7.13. The van der Waals surface area contributed by atoms with Gasteiger partial charge in [-0.3, -0.25) is 9.59 Å². The maximum absolute atomic E-state index is 11.1. The Bertz CT molecular complexity index is 417. The fraction of sp³-hybridized carbons (Fsp3) is 0.667. The molecule has 0 aromatic rings. The molecule has 9 heteroatoms. The van der Waals surface area contributed by atoms with Crippen LogP contribution in [0.4, 0.5) is 0 Å². The molecule has 0 heterocycles. The molecule has 18 heavy (non-hydrogen) atoms. The lowest BCUT2D eigenvalue weighted by Crippen LogP contribution is -2.32. The van der Waals surface area contributed by atoms with Crippen LogP contribution in [0.2, 0.25) is 0 Å². The van der Waals surface area contributed by atoms with E-state index in [2.05, 4.69) is 10.5 Å². The monoisotopic (exact) mass is 280 g/mol. The van der Waals surface area contributed by atoms with Crippen molar-refractivity contribution in [2.75, 3.05) is 5.88 Å². The van der Waals surface area contributed by atoms with Crippen LogP contribution in [-0.4, -0.2) is 37.1 Å². The van der Waals surface area contributed by atoms with Crippen LogP contribution in [0.5, 0.6) is 0 Å². The van der Waals surface area contributed by atoms with E-state index in [1.807, 2.05) is 0 Å². The Morgan fingerprint density at radius 3 is 2.11 bits per heavy atom. The largest absolute Gasteiger partial charge is 0.476 e. The van der Waals surface area contributed by atoms with Crippen molar-refractivity contribution in [3.8, 4) is 0 Å². The quantitative estimate of drug-likeness (QED) is 0.363. The Morgan fingerprint density at radius 1 is 1.06 bits per heavy atom. The summed E-state index contributed by atoms with van der Waals surface area (Å²) in [5.74, 6) is -3.37. The molecule has 0 unspecified atom stereocenters. The molecular weight excluding hydrogens is 264 g/mol. The van der Waals surface area contributed by atoms with Gasteiger partial charge in [-0.2, -0.15) is 0 Å². The van der Waals surface area contributed by atoms with E-state index in [0.717, 1.165) is 0 Å². The smallest absolute Gasteiger partial charge is 0.372 e. The van der Waals surface area contributed by atoms with Crippen LogP contribution >= 0.6 is 0 Å². The SMILES string of the molecule is NS(=O)(=O)CNC(=O)CCCCCC(=O)C(=O)O. The van der Waals surface area contributed by atoms with Gasteiger partial charge in [-0.05, 0) is 12.8 Å². The molecule has 0 fully saturated rings. The minimum atomic E-state index is -3.72. The first-order valence-electron chi connectivity index (χ1n) is 5.25. The van der Waals surface area contributed by atoms with E-state index in [9.17, 15) is 22.8 Å². The predicted molar refractivity (Wildman–Crippen MR) is 61.8 cm³/mol. The molecule has 0 rings (SSSR count). The fourth-order valence-electron chi connectivity index (χ4n) is 1.12. The molecule has 0 aliphatic carbocycles. The lowest BCUT2D eigenvalue weighted by molar-refractivity contribution is -0.149. The van der Waals surface area contributed by atoms with Crippen molar-refractivity contribution in [3.05, 3.63) is 0 Å². The minimum Gasteiger partial charge on any atom is -0.476 e. The van der Waals surface area contributed by atoms with Gasteiger partial charge in [0.25, 0.3) is 0 Å². The molecule has 0 aliphatic heterocycles. The second kappa shape index (κ2) is 7.77.